The maximum Gasteiger partial charge on any atom is 0.234 e. The summed E-state index contributed by atoms with van der Waals surface area (Å²) in [5, 5.41) is 3.75. The molecule has 3 nitrogen and oxygen atoms in total. The van der Waals surface area contributed by atoms with Gasteiger partial charge in [-0.2, -0.15) is 11.8 Å². The molecule has 0 bridgehead atoms. The molecule has 0 saturated heterocycles. The van der Waals surface area contributed by atoms with Gasteiger partial charge < -0.3 is 5.32 Å². The summed E-state index contributed by atoms with van der Waals surface area (Å²) in [4.78, 5) is 13.8. The van der Waals surface area contributed by atoms with Crippen molar-refractivity contribution in [3.05, 3.63) is 0 Å². The summed E-state index contributed by atoms with van der Waals surface area (Å²) >= 11 is 2.07. The van der Waals surface area contributed by atoms with Crippen LogP contribution >= 0.6 is 11.8 Å². The van der Waals surface area contributed by atoms with Crippen molar-refractivity contribution in [1.82, 2.24) is 10.2 Å². The maximum absolute atomic E-state index is 11.6. The summed E-state index contributed by atoms with van der Waals surface area (Å²) in [5.41, 5.74) is 0. The van der Waals surface area contributed by atoms with Crippen molar-refractivity contribution in [3.63, 3.8) is 0 Å². The lowest BCUT2D eigenvalue weighted by atomic mass is 10.2. The topological polar surface area (TPSA) is 32.3 Å². The molecule has 1 fully saturated rings. The maximum atomic E-state index is 11.6. The fraction of sp³-hybridized carbons (Fsp3) is 0.923. The molecule has 0 aromatic heterocycles. The molecule has 1 aliphatic rings. The lowest BCUT2D eigenvalue weighted by Gasteiger charge is -2.23. The second-order valence-electron chi connectivity index (χ2n) is 4.81. The van der Waals surface area contributed by atoms with Gasteiger partial charge in [0.2, 0.25) is 5.91 Å². The van der Waals surface area contributed by atoms with Crippen LogP contribution in [0.1, 0.15) is 39.5 Å². The highest BCUT2D eigenvalue weighted by molar-refractivity contribution is 7.99. The number of carbonyl (C=O) groups is 1. The summed E-state index contributed by atoms with van der Waals surface area (Å²) in [5.74, 6) is 1.37. The van der Waals surface area contributed by atoms with E-state index >= 15 is 0 Å². The van der Waals surface area contributed by atoms with Crippen LogP contribution in [-0.4, -0.2) is 48.0 Å². The molecular weight excluding hydrogens is 232 g/mol. The number of likely N-dealkylation sites (N-methyl/N-ethyl adjacent to an activating group) is 1. The van der Waals surface area contributed by atoms with Gasteiger partial charge in [-0.05, 0) is 38.5 Å². The largest absolute Gasteiger partial charge is 0.355 e. The van der Waals surface area contributed by atoms with Gasteiger partial charge in [0.05, 0.1) is 6.54 Å². The summed E-state index contributed by atoms with van der Waals surface area (Å²) in [7, 11) is 2.08. The highest BCUT2D eigenvalue weighted by Gasteiger charge is 2.28. The molecule has 17 heavy (non-hydrogen) atoms. The van der Waals surface area contributed by atoms with Crippen LogP contribution in [0.4, 0.5) is 0 Å². The fourth-order valence-corrected chi connectivity index (χ4v) is 3.51. The monoisotopic (exact) mass is 258 g/mol. The van der Waals surface area contributed by atoms with Crippen molar-refractivity contribution in [2.45, 2.75) is 50.8 Å². The Morgan fingerprint density at radius 1 is 1.41 bits per heavy atom. The molecule has 2 atom stereocenters. The molecular formula is C13H26N2OS. The van der Waals surface area contributed by atoms with E-state index in [-0.39, 0.29) is 5.91 Å². The van der Waals surface area contributed by atoms with Crippen LogP contribution < -0.4 is 5.32 Å². The molecule has 1 rings (SSSR count). The smallest absolute Gasteiger partial charge is 0.234 e. The Bertz CT molecular complexity index is 235. The van der Waals surface area contributed by atoms with Gasteiger partial charge in [0.15, 0.2) is 0 Å². The Labute approximate surface area is 110 Å². The van der Waals surface area contributed by atoms with Crippen LogP contribution in [-0.2, 0) is 4.79 Å². The third-order valence-corrected chi connectivity index (χ3v) is 4.58. The summed E-state index contributed by atoms with van der Waals surface area (Å²) in [6.45, 7) is 5.65. The van der Waals surface area contributed by atoms with E-state index in [9.17, 15) is 4.79 Å². The van der Waals surface area contributed by atoms with E-state index in [1.165, 1.54) is 25.0 Å². The number of nitrogens with zero attached hydrogens (tertiary/aromatic N) is 1. The van der Waals surface area contributed by atoms with Gasteiger partial charge in [0.1, 0.15) is 0 Å². The quantitative estimate of drug-likeness (QED) is 0.759. The predicted molar refractivity (Wildman–Crippen MR) is 75.5 cm³/mol. The Balaban J connectivity index is 2.24. The van der Waals surface area contributed by atoms with Crippen molar-refractivity contribution in [2.75, 3.05) is 25.9 Å². The molecule has 0 radical (unpaired) electrons. The van der Waals surface area contributed by atoms with Crippen molar-refractivity contribution in [3.8, 4) is 0 Å². The van der Waals surface area contributed by atoms with Gasteiger partial charge in [-0.25, -0.2) is 0 Å². The second kappa shape index (κ2) is 7.98. The first-order valence-corrected chi connectivity index (χ1v) is 7.80. The zero-order chi connectivity index (χ0) is 12.7. The number of hydrogen-bond donors (Lipinski definition) is 1. The van der Waals surface area contributed by atoms with Crippen molar-refractivity contribution in [1.29, 1.82) is 0 Å². The van der Waals surface area contributed by atoms with Crippen LogP contribution in [0.25, 0.3) is 0 Å². The van der Waals surface area contributed by atoms with Gasteiger partial charge in [-0.3, -0.25) is 9.69 Å². The number of rotatable bonds is 7. The first-order chi connectivity index (χ1) is 8.17. The predicted octanol–water partition coefficient (Wildman–Crippen LogP) is 2.12. The minimum atomic E-state index is 0.168. The molecule has 4 heteroatoms. The molecule has 0 unspecified atom stereocenters. The Hall–Kier alpha value is -0.220. The minimum absolute atomic E-state index is 0.168. The van der Waals surface area contributed by atoms with E-state index in [2.05, 4.69) is 42.9 Å². The Morgan fingerprint density at radius 2 is 2.18 bits per heavy atom. The minimum Gasteiger partial charge on any atom is -0.355 e. The number of nitrogens with one attached hydrogen (secondary N) is 1. The van der Waals surface area contributed by atoms with Gasteiger partial charge in [-0.1, -0.05) is 13.8 Å². The van der Waals surface area contributed by atoms with Gasteiger partial charge in [0.25, 0.3) is 0 Å². The van der Waals surface area contributed by atoms with Crippen molar-refractivity contribution < 1.29 is 4.79 Å². The Kier molecular flexibility index (Phi) is 6.97. The highest BCUT2D eigenvalue weighted by Crippen LogP contribution is 2.31. The third kappa shape index (κ3) is 5.30. The zero-order valence-electron chi connectivity index (χ0n) is 11.4. The number of carbonyl (C=O) groups excluding carboxylic acids is 1. The first kappa shape index (κ1) is 14.8. The van der Waals surface area contributed by atoms with E-state index in [4.69, 9.17) is 0 Å². The summed E-state index contributed by atoms with van der Waals surface area (Å²) in [6, 6.07) is 0.603. The van der Waals surface area contributed by atoms with E-state index in [1.807, 2.05) is 0 Å². The lowest BCUT2D eigenvalue weighted by molar-refractivity contribution is -0.122. The standard InChI is InChI=1S/C13H26N2OS/c1-4-8-14-13(16)10-15(3)11-6-7-12(9-11)17-5-2/h11-12H,4-10H2,1-3H3,(H,14,16)/t11-,12-/m1/s1. The van der Waals surface area contributed by atoms with Gasteiger partial charge >= 0.3 is 0 Å². The summed E-state index contributed by atoms with van der Waals surface area (Å²) in [6.07, 6.45) is 4.81. The van der Waals surface area contributed by atoms with Crippen LogP contribution in [0.15, 0.2) is 0 Å². The molecule has 0 aromatic carbocycles. The molecule has 1 saturated carbocycles. The van der Waals surface area contributed by atoms with E-state index in [1.54, 1.807) is 0 Å². The fourth-order valence-electron chi connectivity index (χ4n) is 2.38. The number of thioether (sulfide) groups is 1. The second-order valence-corrected chi connectivity index (χ2v) is 6.39. The molecule has 0 spiro atoms. The highest BCUT2D eigenvalue weighted by atomic mass is 32.2. The van der Waals surface area contributed by atoms with Crippen LogP contribution in [0.3, 0.4) is 0 Å². The molecule has 100 valence electrons. The van der Waals surface area contributed by atoms with E-state index in [0.29, 0.717) is 12.6 Å². The average Bonchev–Trinajstić information content (AvgIpc) is 2.75. The normalized spacial score (nSPS) is 24.2. The SMILES string of the molecule is CCCNC(=O)CN(C)[C@@H]1CC[C@@H](SCC)C1. The molecule has 0 aliphatic heterocycles. The first-order valence-electron chi connectivity index (χ1n) is 6.75. The number of hydrogen-bond acceptors (Lipinski definition) is 3. The van der Waals surface area contributed by atoms with E-state index in [0.717, 1.165) is 18.2 Å². The molecule has 0 aromatic rings. The average molecular weight is 258 g/mol. The molecule has 1 amide bonds. The molecule has 0 heterocycles. The molecule has 1 N–H and O–H groups in total. The van der Waals surface area contributed by atoms with Crippen molar-refractivity contribution in [2.24, 2.45) is 0 Å². The van der Waals surface area contributed by atoms with Crippen LogP contribution in [0, 0.1) is 0 Å². The van der Waals surface area contributed by atoms with Crippen LogP contribution in [0.5, 0.6) is 0 Å². The van der Waals surface area contributed by atoms with E-state index < -0.39 is 0 Å². The van der Waals surface area contributed by atoms with Gasteiger partial charge in [0, 0.05) is 17.8 Å². The lowest BCUT2D eigenvalue weighted by Crippen LogP contribution is -2.40. The van der Waals surface area contributed by atoms with Gasteiger partial charge in [-0.15, -0.1) is 0 Å². The van der Waals surface area contributed by atoms with Crippen LogP contribution in [0.2, 0.25) is 0 Å². The van der Waals surface area contributed by atoms with Crippen molar-refractivity contribution >= 4 is 17.7 Å². The summed E-state index contributed by atoms with van der Waals surface area (Å²) < 4.78 is 0. The third-order valence-electron chi connectivity index (χ3n) is 3.35. The zero-order valence-corrected chi connectivity index (χ0v) is 12.2. The number of amides is 1. The molecule has 1 aliphatic carbocycles. The Morgan fingerprint density at radius 3 is 2.82 bits per heavy atom.